The molecule has 0 unspecified atom stereocenters. The Labute approximate surface area is 144 Å². The summed E-state index contributed by atoms with van der Waals surface area (Å²) in [7, 11) is 0. The van der Waals surface area contributed by atoms with Crippen molar-refractivity contribution in [2.45, 2.75) is 59.3 Å². The third kappa shape index (κ3) is 9.25. The van der Waals surface area contributed by atoms with Crippen LogP contribution in [0, 0.1) is 6.07 Å². The number of carbonyl (C=O) groups excluding carboxylic acids is 2. The van der Waals surface area contributed by atoms with E-state index in [4.69, 9.17) is 9.47 Å². The number of ether oxygens (including phenoxy) is 2. The Morgan fingerprint density at radius 2 is 1.54 bits per heavy atom. The van der Waals surface area contributed by atoms with Gasteiger partial charge >= 0.3 is 11.9 Å². The zero-order chi connectivity index (χ0) is 18.4. The monoisotopic (exact) mass is 335 g/mol. The van der Waals surface area contributed by atoms with Crippen LogP contribution in [0.15, 0.2) is 18.3 Å². The number of pyridine rings is 1. The highest BCUT2D eigenvalue weighted by atomic mass is 16.6. The van der Waals surface area contributed by atoms with Crippen LogP contribution in [0.2, 0.25) is 0 Å². The summed E-state index contributed by atoms with van der Waals surface area (Å²) in [5.41, 5.74) is -0.439. The molecule has 0 N–H and O–H groups in total. The highest BCUT2D eigenvalue weighted by Crippen LogP contribution is 2.11. The quantitative estimate of drug-likeness (QED) is 0.744. The number of esters is 2. The van der Waals surface area contributed by atoms with Gasteiger partial charge < -0.3 is 9.47 Å². The molecule has 0 atom stereocenters. The van der Waals surface area contributed by atoms with E-state index in [1.165, 1.54) is 0 Å². The molecular weight excluding hydrogens is 308 g/mol. The lowest BCUT2D eigenvalue weighted by Crippen LogP contribution is -2.39. The summed E-state index contributed by atoms with van der Waals surface area (Å²) in [5.74, 6) is -0.795. The second-order valence-corrected chi connectivity index (χ2v) is 7.57. The zero-order valence-corrected chi connectivity index (χ0v) is 15.4. The molecule has 24 heavy (non-hydrogen) atoms. The van der Waals surface area contributed by atoms with E-state index in [-0.39, 0.29) is 13.1 Å². The van der Waals surface area contributed by atoms with E-state index in [1.54, 1.807) is 64.8 Å². The van der Waals surface area contributed by atoms with Gasteiger partial charge in [-0.2, -0.15) is 0 Å². The number of nitrogens with zero attached hydrogens (tertiary/aromatic N) is 2. The van der Waals surface area contributed by atoms with Crippen LogP contribution in [0.1, 0.15) is 47.2 Å². The molecule has 0 bridgehead atoms. The first kappa shape index (κ1) is 20.1. The van der Waals surface area contributed by atoms with Crippen molar-refractivity contribution in [3.63, 3.8) is 0 Å². The van der Waals surface area contributed by atoms with Crippen LogP contribution in [0.25, 0.3) is 0 Å². The predicted octanol–water partition coefficient (Wildman–Crippen LogP) is 2.37. The highest BCUT2D eigenvalue weighted by Gasteiger charge is 2.23. The maximum atomic E-state index is 12.1. The van der Waals surface area contributed by atoms with Crippen LogP contribution in [0.5, 0.6) is 0 Å². The molecule has 1 heterocycles. The van der Waals surface area contributed by atoms with Crippen molar-refractivity contribution < 1.29 is 19.1 Å². The Morgan fingerprint density at radius 1 is 1.04 bits per heavy atom. The van der Waals surface area contributed by atoms with E-state index in [9.17, 15) is 9.59 Å². The van der Waals surface area contributed by atoms with Crippen molar-refractivity contribution in [2.24, 2.45) is 0 Å². The minimum Gasteiger partial charge on any atom is -0.459 e. The fraction of sp³-hybridized carbons (Fsp3) is 0.611. The lowest BCUT2D eigenvalue weighted by atomic mass is 10.2. The molecule has 0 amide bonds. The van der Waals surface area contributed by atoms with E-state index in [2.05, 4.69) is 11.1 Å². The number of rotatable bonds is 6. The van der Waals surface area contributed by atoms with E-state index in [0.29, 0.717) is 12.2 Å². The van der Waals surface area contributed by atoms with Crippen molar-refractivity contribution in [1.29, 1.82) is 0 Å². The van der Waals surface area contributed by atoms with Gasteiger partial charge in [0.15, 0.2) is 0 Å². The maximum Gasteiger partial charge on any atom is 0.320 e. The van der Waals surface area contributed by atoms with Gasteiger partial charge in [0.2, 0.25) is 0 Å². The van der Waals surface area contributed by atoms with Crippen LogP contribution in [0.4, 0.5) is 0 Å². The maximum absolute atomic E-state index is 12.1. The number of aromatic nitrogens is 1. The number of hydrogen-bond acceptors (Lipinski definition) is 6. The Bertz CT molecular complexity index is 514. The van der Waals surface area contributed by atoms with Gasteiger partial charge in [-0.3, -0.25) is 19.5 Å². The molecule has 0 aliphatic carbocycles. The average Bonchev–Trinajstić information content (AvgIpc) is 2.34. The summed E-state index contributed by atoms with van der Waals surface area (Å²) >= 11 is 0. The van der Waals surface area contributed by atoms with Crippen LogP contribution in [-0.2, 0) is 25.6 Å². The molecular formula is C18H27N2O4. The van der Waals surface area contributed by atoms with Gasteiger partial charge in [-0.1, -0.05) is 0 Å². The second-order valence-electron chi connectivity index (χ2n) is 7.57. The first-order valence-electron chi connectivity index (χ1n) is 7.92. The second kappa shape index (κ2) is 8.24. The molecule has 133 valence electrons. The molecule has 0 fully saturated rings. The minimum atomic E-state index is -0.576. The molecule has 6 nitrogen and oxygen atoms in total. The van der Waals surface area contributed by atoms with Gasteiger partial charge in [0.1, 0.15) is 11.2 Å². The van der Waals surface area contributed by atoms with Gasteiger partial charge in [0.25, 0.3) is 0 Å². The molecule has 1 aromatic heterocycles. The Morgan fingerprint density at radius 3 is 1.92 bits per heavy atom. The largest absolute Gasteiger partial charge is 0.459 e. The topological polar surface area (TPSA) is 68.7 Å². The van der Waals surface area contributed by atoms with E-state index in [1.807, 2.05) is 0 Å². The standard InChI is InChI=1S/C18H27N2O4/c1-17(2,3)23-15(21)12-20(11-14-9-7-8-10-19-14)13-16(22)24-18(4,5)6/h8-10H,11-13H2,1-6H3. The van der Waals surface area contributed by atoms with Crippen molar-refractivity contribution >= 4 is 11.9 Å². The summed E-state index contributed by atoms with van der Waals surface area (Å²) in [6, 6.07) is 6.34. The van der Waals surface area contributed by atoms with Crippen molar-refractivity contribution in [1.82, 2.24) is 9.88 Å². The van der Waals surface area contributed by atoms with Crippen LogP contribution in [0.3, 0.4) is 0 Å². The minimum absolute atomic E-state index is 0.0207. The van der Waals surface area contributed by atoms with Crippen molar-refractivity contribution in [3.8, 4) is 0 Å². The normalized spacial score (nSPS) is 12.1. The third-order valence-corrected chi connectivity index (χ3v) is 2.59. The molecule has 0 aromatic carbocycles. The summed E-state index contributed by atoms with van der Waals surface area (Å²) in [6.45, 7) is 11.1. The highest BCUT2D eigenvalue weighted by molar-refractivity contribution is 5.75. The van der Waals surface area contributed by atoms with Crippen LogP contribution < -0.4 is 0 Å². The van der Waals surface area contributed by atoms with Crippen LogP contribution >= 0.6 is 0 Å². The fourth-order valence-corrected chi connectivity index (χ4v) is 1.95. The SMILES string of the molecule is CC(C)(C)OC(=O)CN(CC(=O)OC(C)(C)C)Cc1c[c]ccn1. The summed E-state index contributed by atoms with van der Waals surface area (Å²) in [6.07, 6.45) is 1.62. The van der Waals surface area contributed by atoms with Crippen molar-refractivity contribution in [2.75, 3.05) is 13.1 Å². The lowest BCUT2D eigenvalue weighted by molar-refractivity contribution is -0.160. The van der Waals surface area contributed by atoms with Crippen LogP contribution in [-0.4, -0.2) is 46.1 Å². The summed E-state index contributed by atoms with van der Waals surface area (Å²) in [4.78, 5) is 30.0. The molecule has 1 radical (unpaired) electrons. The van der Waals surface area contributed by atoms with Crippen molar-refractivity contribution in [3.05, 3.63) is 30.1 Å². The molecule has 1 rings (SSSR count). The average molecular weight is 335 g/mol. The fourth-order valence-electron chi connectivity index (χ4n) is 1.95. The molecule has 0 aliphatic heterocycles. The van der Waals surface area contributed by atoms with Gasteiger partial charge in [0, 0.05) is 12.7 Å². The summed E-state index contributed by atoms with van der Waals surface area (Å²) < 4.78 is 10.7. The first-order chi connectivity index (χ1) is 10.9. The van der Waals surface area contributed by atoms with Gasteiger partial charge in [-0.25, -0.2) is 0 Å². The smallest absolute Gasteiger partial charge is 0.320 e. The van der Waals surface area contributed by atoms with Gasteiger partial charge in [-0.05, 0) is 59.7 Å². The molecule has 0 saturated carbocycles. The number of carbonyl (C=O) groups is 2. The predicted molar refractivity (Wildman–Crippen MR) is 90.0 cm³/mol. The van der Waals surface area contributed by atoms with E-state index < -0.39 is 23.1 Å². The number of hydrogen-bond donors (Lipinski definition) is 0. The zero-order valence-electron chi connectivity index (χ0n) is 15.4. The van der Waals surface area contributed by atoms with E-state index in [0.717, 1.165) is 0 Å². The van der Waals surface area contributed by atoms with E-state index >= 15 is 0 Å². The lowest BCUT2D eigenvalue weighted by Gasteiger charge is -2.26. The molecule has 0 saturated heterocycles. The Kier molecular flexibility index (Phi) is 6.90. The summed E-state index contributed by atoms with van der Waals surface area (Å²) in [5, 5.41) is 0. The molecule has 1 aromatic rings. The Hall–Kier alpha value is -1.95. The van der Waals surface area contributed by atoms with Gasteiger partial charge in [0.05, 0.1) is 18.8 Å². The van der Waals surface area contributed by atoms with Gasteiger partial charge in [-0.15, -0.1) is 0 Å². The third-order valence-electron chi connectivity index (χ3n) is 2.59. The Balaban J connectivity index is 2.75. The molecule has 6 heteroatoms. The molecule has 0 aliphatic rings. The molecule has 0 spiro atoms. The first-order valence-corrected chi connectivity index (χ1v) is 7.92.